The summed E-state index contributed by atoms with van der Waals surface area (Å²) in [5.74, 6) is -0.697. The first-order valence-corrected chi connectivity index (χ1v) is 11.3. The van der Waals surface area contributed by atoms with Crippen LogP contribution in [0.15, 0.2) is 48.5 Å². The second-order valence-electron chi connectivity index (χ2n) is 5.44. The summed E-state index contributed by atoms with van der Waals surface area (Å²) in [6.07, 6.45) is 0. The molecule has 0 saturated heterocycles. The fourth-order valence-electron chi connectivity index (χ4n) is 1.95. The molecule has 3 N–H and O–H groups in total. The van der Waals surface area contributed by atoms with Crippen molar-refractivity contribution in [2.24, 2.45) is 0 Å². The monoisotopic (exact) mass is 469 g/mol. The molecule has 0 aliphatic rings. The van der Waals surface area contributed by atoms with E-state index in [2.05, 4.69) is 13.9 Å². The fourth-order valence-corrected chi connectivity index (χ4v) is 3.36. The molecule has 2 rings (SSSR count). The summed E-state index contributed by atoms with van der Waals surface area (Å²) in [7, 11) is 1.31. The van der Waals surface area contributed by atoms with E-state index in [0.29, 0.717) is 17.0 Å². The van der Waals surface area contributed by atoms with Gasteiger partial charge in [0.05, 0.1) is 12.7 Å². The van der Waals surface area contributed by atoms with Gasteiger partial charge < -0.3 is 9.47 Å². The minimum absolute atomic E-state index is 0.0399. The predicted molar refractivity (Wildman–Crippen MR) is 102 cm³/mol. The van der Waals surface area contributed by atoms with E-state index >= 15 is 0 Å². The van der Waals surface area contributed by atoms with Gasteiger partial charge in [0, 0.05) is 6.92 Å². The molecule has 0 spiro atoms. The Morgan fingerprint density at radius 1 is 1.03 bits per heavy atom. The number of ether oxygens (including phenoxy) is 2. The van der Waals surface area contributed by atoms with Crippen LogP contribution >= 0.6 is 0 Å². The van der Waals surface area contributed by atoms with Gasteiger partial charge in [0.1, 0.15) is 5.75 Å². The molecular formula is C18H20AsNO9. The van der Waals surface area contributed by atoms with Crippen molar-refractivity contribution in [1.82, 2.24) is 0 Å². The third kappa shape index (κ3) is 8.32. The molecule has 11 heteroatoms. The summed E-state index contributed by atoms with van der Waals surface area (Å²) >= 11 is -4.83. The SMILES string of the molecule is CC(=O)Nc1cccc([As](=O)(O)OO)c1.COC(=O)c1ccc(OC(C)=O)cc1. The second kappa shape index (κ2) is 11.2. The van der Waals surface area contributed by atoms with E-state index in [-0.39, 0.29) is 10.3 Å². The van der Waals surface area contributed by atoms with Gasteiger partial charge >= 0.3 is 100 Å². The van der Waals surface area contributed by atoms with E-state index in [9.17, 15) is 22.2 Å². The van der Waals surface area contributed by atoms with E-state index in [1.165, 1.54) is 63.4 Å². The minimum atomic E-state index is -4.83. The molecule has 10 nitrogen and oxygen atoms in total. The first-order chi connectivity index (χ1) is 13.6. The number of carbonyl (C=O) groups excluding carboxylic acids is 3. The molecular weight excluding hydrogens is 449 g/mol. The molecule has 0 radical (unpaired) electrons. The number of hydrogen-bond donors (Lipinski definition) is 3. The van der Waals surface area contributed by atoms with Crippen LogP contribution in [0.1, 0.15) is 24.2 Å². The van der Waals surface area contributed by atoms with Crippen molar-refractivity contribution in [3.8, 4) is 5.75 Å². The van der Waals surface area contributed by atoms with Gasteiger partial charge in [-0.15, -0.1) is 0 Å². The van der Waals surface area contributed by atoms with Crippen molar-refractivity contribution in [2.45, 2.75) is 13.8 Å². The van der Waals surface area contributed by atoms with Crippen molar-refractivity contribution in [2.75, 3.05) is 12.4 Å². The normalized spacial score (nSPS) is 11.9. The van der Waals surface area contributed by atoms with Gasteiger partial charge in [-0.25, -0.2) is 4.79 Å². The van der Waals surface area contributed by atoms with E-state index in [1.54, 1.807) is 6.07 Å². The maximum absolute atomic E-state index is 11.3. The second-order valence-corrected chi connectivity index (χ2v) is 9.05. The number of methoxy groups -OCH3 is 1. The third-order valence-electron chi connectivity index (χ3n) is 3.14. The van der Waals surface area contributed by atoms with Crippen LogP contribution in [0.4, 0.5) is 5.69 Å². The van der Waals surface area contributed by atoms with Crippen LogP contribution in [0.25, 0.3) is 0 Å². The van der Waals surface area contributed by atoms with Crippen LogP contribution in [0.3, 0.4) is 0 Å². The summed E-state index contributed by atoms with van der Waals surface area (Å²) in [6.45, 7) is 2.63. The van der Waals surface area contributed by atoms with Gasteiger partial charge in [0.15, 0.2) is 0 Å². The van der Waals surface area contributed by atoms with Crippen LogP contribution in [0.5, 0.6) is 5.75 Å². The van der Waals surface area contributed by atoms with Crippen molar-refractivity contribution >= 4 is 42.1 Å². The minimum Gasteiger partial charge on any atom is -0.465 e. The quantitative estimate of drug-likeness (QED) is 0.192. The largest absolute Gasteiger partial charge is 0.465 e. The molecule has 0 aromatic heterocycles. The van der Waals surface area contributed by atoms with Crippen LogP contribution in [0, 0.1) is 0 Å². The summed E-state index contributed by atoms with van der Waals surface area (Å²) in [5, 5.41) is 10.7. The molecule has 0 saturated carbocycles. The Balaban J connectivity index is 0.000000291. The first kappa shape index (κ1) is 24.1. The van der Waals surface area contributed by atoms with E-state index in [0.717, 1.165) is 0 Å². The zero-order valence-corrected chi connectivity index (χ0v) is 17.7. The van der Waals surface area contributed by atoms with Crippen LogP contribution in [-0.2, 0) is 21.9 Å². The molecule has 0 heterocycles. The number of anilines is 1. The Hall–Kier alpha value is -2.91. The predicted octanol–water partition coefficient (Wildman–Crippen LogP) is 1.10. The topological polar surface area (TPSA) is 148 Å². The smallest absolute Gasteiger partial charge is 0.337 e. The first-order valence-electron chi connectivity index (χ1n) is 8.00. The summed E-state index contributed by atoms with van der Waals surface area (Å²) < 4.78 is 33.2. The Kier molecular flexibility index (Phi) is 9.30. The van der Waals surface area contributed by atoms with E-state index in [1.807, 2.05) is 0 Å². The van der Waals surface area contributed by atoms with E-state index in [4.69, 9.17) is 9.99 Å². The van der Waals surface area contributed by atoms with Gasteiger partial charge in [-0.2, -0.15) is 0 Å². The van der Waals surface area contributed by atoms with Crippen LogP contribution in [0.2, 0.25) is 0 Å². The number of rotatable bonds is 5. The Labute approximate surface area is 169 Å². The summed E-state index contributed by atoms with van der Waals surface area (Å²) in [4.78, 5) is 32.3. The zero-order chi connectivity index (χ0) is 22.0. The fraction of sp³-hybridized carbons (Fsp3) is 0.167. The van der Waals surface area contributed by atoms with Crippen molar-refractivity contribution in [1.29, 1.82) is 0 Å². The standard InChI is InChI=1S/C10H10O4.C8H10AsNO5/c1-7(11)14-9-5-3-8(4-6-9)10(12)13-2;1-6(11)10-8-4-2-3-7(5-8)9(12,13)15-14/h3-6H,1-2H3;2-5,14H,1H3,(H,10,11)(H,12,13). The van der Waals surface area contributed by atoms with Crippen molar-refractivity contribution in [3.05, 3.63) is 54.1 Å². The molecule has 0 aliphatic heterocycles. The average molecular weight is 469 g/mol. The Morgan fingerprint density at radius 3 is 2.14 bits per heavy atom. The van der Waals surface area contributed by atoms with Gasteiger partial charge in [0.2, 0.25) is 0 Å². The van der Waals surface area contributed by atoms with Gasteiger partial charge in [-0.05, 0) is 24.3 Å². The molecule has 1 amide bonds. The molecule has 0 bridgehead atoms. The molecule has 1 unspecified atom stereocenters. The van der Waals surface area contributed by atoms with Gasteiger partial charge in [-0.1, -0.05) is 0 Å². The zero-order valence-electron chi connectivity index (χ0n) is 15.8. The Bertz CT molecular complexity index is 912. The van der Waals surface area contributed by atoms with Crippen molar-refractivity contribution in [3.63, 3.8) is 0 Å². The maximum atomic E-state index is 11.3. The average Bonchev–Trinajstić information content (AvgIpc) is 2.67. The number of benzene rings is 2. The molecule has 0 aliphatic carbocycles. The number of nitrogens with one attached hydrogen (secondary N) is 1. The molecule has 1 atom stereocenters. The number of amides is 1. The number of hydrogen-bond acceptors (Lipinski definition) is 8. The summed E-state index contributed by atoms with van der Waals surface area (Å²) in [5.41, 5.74) is 0.788. The molecule has 2 aromatic rings. The van der Waals surface area contributed by atoms with Crippen molar-refractivity contribution < 1.29 is 40.8 Å². The summed E-state index contributed by atoms with van der Waals surface area (Å²) in [6, 6.07) is 11.8. The van der Waals surface area contributed by atoms with Crippen LogP contribution in [-0.4, -0.2) is 48.5 Å². The van der Waals surface area contributed by atoms with Gasteiger partial charge in [0.25, 0.3) is 0 Å². The molecule has 2 aromatic carbocycles. The maximum Gasteiger partial charge on any atom is 0.337 e. The molecule has 29 heavy (non-hydrogen) atoms. The van der Waals surface area contributed by atoms with Crippen LogP contribution < -0.4 is 14.4 Å². The van der Waals surface area contributed by atoms with E-state index < -0.39 is 26.1 Å². The number of carbonyl (C=O) groups is 3. The third-order valence-corrected chi connectivity index (χ3v) is 5.56. The molecule has 0 fully saturated rings. The molecule has 156 valence electrons. The Morgan fingerprint density at radius 2 is 1.66 bits per heavy atom. The number of esters is 2. The van der Waals surface area contributed by atoms with Gasteiger partial charge in [-0.3, -0.25) is 4.79 Å².